The lowest BCUT2D eigenvalue weighted by Crippen LogP contribution is -2.32. The molecule has 0 saturated carbocycles. The molecule has 1 heterocycles. The van der Waals surface area contributed by atoms with Gasteiger partial charge in [0.25, 0.3) is 11.7 Å². The van der Waals surface area contributed by atoms with Gasteiger partial charge in [0.05, 0.1) is 18.2 Å². The fourth-order valence-corrected chi connectivity index (χ4v) is 4.33. The molecule has 2 aromatic rings. The molecule has 0 aliphatic carbocycles. The number of hydrogen-bond donors (Lipinski definition) is 1. The Morgan fingerprint density at radius 1 is 1.06 bits per heavy atom. The van der Waals surface area contributed by atoms with Crippen molar-refractivity contribution in [2.45, 2.75) is 32.7 Å². The van der Waals surface area contributed by atoms with Crippen LogP contribution < -0.4 is 9.64 Å². The normalized spacial score (nSPS) is 17.3. The fourth-order valence-electron chi connectivity index (χ4n) is 4.33. The maximum absolute atomic E-state index is 13.3. The summed E-state index contributed by atoms with van der Waals surface area (Å²) in [5.74, 6) is -0.673. The molecule has 35 heavy (non-hydrogen) atoms. The molecule has 7 nitrogen and oxygen atoms in total. The maximum Gasteiger partial charge on any atom is 0.295 e. The second-order valence-corrected chi connectivity index (χ2v) is 9.46. The molecular weight excluding hydrogens is 442 g/mol. The first kappa shape index (κ1) is 26.3. The third-order valence-corrected chi connectivity index (χ3v) is 6.20. The molecule has 0 radical (unpaired) electrons. The molecule has 188 valence electrons. The van der Waals surface area contributed by atoms with Gasteiger partial charge in [0.2, 0.25) is 0 Å². The first-order valence-corrected chi connectivity index (χ1v) is 12.1. The van der Waals surface area contributed by atoms with Crippen LogP contribution in [0.15, 0.2) is 48.0 Å². The number of anilines is 1. The van der Waals surface area contributed by atoms with Crippen LogP contribution in [0.1, 0.15) is 42.5 Å². The van der Waals surface area contributed by atoms with Gasteiger partial charge in [-0.05, 0) is 81.9 Å². The zero-order chi connectivity index (χ0) is 25.7. The van der Waals surface area contributed by atoms with Crippen molar-refractivity contribution >= 4 is 23.1 Å². The Labute approximate surface area is 208 Å². The van der Waals surface area contributed by atoms with Gasteiger partial charge in [-0.1, -0.05) is 19.1 Å². The highest BCUT2D eigenvalue weighted by molar-refractivity contribution is 6.46. The summed E-state index contributed by atoms with van der Waals surface area (Å²) < 4.78 is 5.70. The van der Waals surface area contributed by atoms with E-state index in [1.807, 2.05) is 82.2 Å². The van der Waals surface area contributed by atoms with Crippen LogP contribution in [0.5, 0.6) is 5.75 Å². The number of aliphatic hydroxyl groups is 1. The standard InChI is InChI=1S/C28H37N3O4/c1-7-17-35-22-13-14-23(19(2)18-22)26(32)24-25(20-9-11-21(12-10-20)30(5)6)31(28(34)27(24)33)16-8-15-29(3)4/h9-14,18,25,32H,7-8,15-17H2,1-6H3/b26-24+. The average Bonchev–Trinajstić information content (AvgIpc) is 3.07. The summed E-state index contributed by atoms with van der Waals surface area (Å²) >= 11 is 0. The second-order valence-electron chi connectivity index (χ2n) is 9.46. The lowest BCUT2D eigenvalue weighted by molar-refractivity contribution is -0.139. The number of Topliss-reactive ketones (excluding diaryl/α,β-unsaturated/α-hetero) is 1. The molecule has 0 bridgehead atoms. The minimum Gasteiger partial charge on any atom is -0.507 e. The number of ketones is 1. The smallest absolute Gasteiger partial charge is 0.295 e. The van der Waals surface area contributed by atoms with E-state index in [1.165, 1.54) is 0 Å². The lowest BCUT2D eigenvalue weighted by atomic mass is 9.93. The Morgan fingerprint density at radius 2 is 1.74 bits per heavy atom. The number of ether oxygens (including phenoxy) is 1. The number of rotatable bonds is 10. The van der Waals surface area contributed by atoms with Gasteiger partial charge in [0.15, 0.2) is 0 Å². The van der Waals surface area contributed by atoms with Crippen LogP contribution in [0, 0.1) is 6.92 Å². The Morgan fingerprint density at radius 3 is 2.31 bits per heavy atom. The highest BCUT2D eigenvalue weighted by Crippen LogP contribution is 2.40. The summed E-state index contributed by atoms with van der Waals surface area (Å²) in [5, 5.41) is 11.4. The number of aliphatic hydroxyl groups excluding tert-OH is 1. The summed E-state index contributed by atoms with van der Waals surface area (Å²) in [5.41, 5.74) is 3.23. The minimum atomic E-state index is -0.653. The summed E-state index contributed by atoms with van der Waals surface area (Å²) in [6.45, 7) is 5.71. The Kier molecular flexibility index (Phi) is 8.57. The molecule has 1 unspecified atom stereocenters. The van der Waals surface area contributed by atoms with Gasteiger partial charge in [0, 0.05) is 31.9 Å². The van der Waals surface area contributed by atoms with E-state index in [4.69, 9.17) is 4.74 Å². The number of likely N-dealkylation sites (tertiary alicyclic amines) is 1. The Hall–Kier alpha value is -3.32. The number of carbonyl (C=O) groups is 2. The van der Waals surface area contributed by atoms with E-state index in [1.54, 1.807) is 17.0 Å². The van der Waals surface area contributed by atoms with Crippen LogP contribution in [-0.4, -0.2) is 74.5 Å². The topological polar surface area (TPSA) is 73.3 Å². The van der Waals surface area contributed by atoms with E-state index in [9.17, 15) is 14.7 Å². The minimum absolute atomic E-state index is 0.128. The quantitative estimate of drug-likeness (QED) is 0.312. The molecule has 1 aliphatic rings. The Balaban J connectivity index is 2.07. The number of carbonyl (C=O) groups excluding carboxylic acids is 2. The zero-order valence-corrected chi connectivity index (χ0v) is 21.7. The molecule has 3 rings (SSSR count). The third kappa shape index (κ3) is 5.85. The highest BCUT2D eigenvalue weighted by atomic mass is 16.5. The van der Waals surface area contributed by atoms with Gasteiger partial charge >= 0.3 is 0 Å². The lowest BCUT2D eigenvalue weighted by Gasteiger charge is -2.26. The van der Waals surface area contributed by atoms with E-state index in [0.717, 1.165) is 36.2 Å². The van der Waals surface area contributed by atoms with Crippen molar-refractivity contribution in [1.29, 1.82) is 0 Å². The van der Waals surface area contributed by atoms with Crippen LogP contribution >= 0.6 is 0 Å². The number of benzene rings is 2. The first-order chi connectivity index (χ1) is 16.6. The van der Waals surface area contributed by atoms with E-state index in [0.29, 0.717) is 24.5 Å². The number of hydrogen-bond acceptors (Lipinski definition) is 6. The maximum atomic E-state index is 13.3. The molecule has 1 aliphatic heterocycles. The predicted molar refractivity (Wildman–Crippen MR) is 140 cm³/mol. The zero-order valence-electron chi connectivity index (χ0n) is 21.7. The summed E-state index contributed by atoms with van der Waals surface area (Å²) in [6, 6.07) is 12.5. The van der Waals surface area contributed by atoms with Crippen molar-refractivity contribution in [3.63, 3.8) is 0 Å². The van der Waals surface area contributed by atoms with Crippen molar-refractivity contribution < 1.29 is 19.4 Å². The molecule has 1 N–H and O–H groups in total. The molecular formula is C28H37N3O4. The predicted octanol–water partition coefficient (Wildman–Crippen LogP) is 4.22. The van der Waals surface area contributed by atoms with Crippen LogP contribution in [-0.2, 0) is 9.59 Å². The van der Waals surface area contributed by atoms with Gasteiger partial charge in [-0.2, -0.15) is 0 Å². The van der Waals surface area contributed by atoms with E-state index < -0.39 is 17.7 Å². The van der Waals surface area contributed by atoms with Crippen LogP contribution in [0.3, 0.4) is 0 Å². The van der Waals surface area contributed by atoms with Crippen molar-refractivity contribution in [3.8, 4) is 5.75 Å². The molecule has 1 amide bonds. The molecule has 2 aromatic carbocycles. The van der Waals surface area contributed by atoms with E-state index >= 15 is 0 Å². The molecule has 1 saturated heterocycles. The summed E-state index contributed by atoms with van der Waals surface area (Å²) in [4.78, 5) is 32.0. The fraction of sp³-hybridized carbons (Fsp3) is 0.429. The van der Waals surface area contributed by atoms with Gasteiger partial charge in [-0.15, -0.1) is 0 Å². The number of nitrogens with zero attached hydrogens (tertiary/aromatic N) is 3. The third-order valence-electron chi connectivity index (χ3n) is 6.20. The Bertz CT molecular complexity index is 1090. The van der Waals surface area contributed by atoms with Gasteiger partial charge < -0.3 is 24.5 Å². The van der Waals surface area contributed by atoms with E-state index in [-0.39, 0.29) is 11.3 Å². The summed E-state index contributed by atoms with van der Waals surface area (Å²) in [7, 11) is 7.86. The molecule has 0 aromatic heterocycles. The van der Waals surface area contributed by atoms with Crippen molar-refractivity contribution in [3.05, 3.63) is 64.7 Å². The first-order valence-electron chi connectivity index (χ1n) is 12.1. The monoisotopic (exact) mass is 479 g/mol. The van der Waals surface area contributed by atoms with Crippen molar-refractivity contribution in [2.24, 2.45) is 0 Å². The summed E-state index contributed by atoms with van der Waals surface area (Å²) in [6.07, 6.45) is 1.61. The largest absolute Gasteiger partial charge is 0.507 e. The molecule has 0 spiro atoms. The number of aryl methyl sites for hydroxylation is 1. The van der Waals surface area contributed by atoms with Crippen LogP contribution in [0.4, 0.5) is 5.69 Å². The second kappa shape index (κ2) is 11.4. The van der Waals surface area contributed by atoms with Gasteiger partial charge in [-0.3, -0.25) is 9.59 Å². The van der Waals surface area contributed by atoms with Gasteiger partial charge in [-0.25, -0.2) is 0 Å². The van der Waals surface area contributed by atoms with E-state index in [2.05, 4.69) is 0 Å². The SMILES string of the molecule is CCCOc1ccc(/C(O)=C2\C(=O)C(=O)N(CCCN(C)C)C2c2ccc(N(C)C)cc2)c(C)c1. The van der Waals surface area contributed by atoms with Crippen LogP contribution in [0.2, 0.25) is 0 Å². The average molecular weight is 480 g/mol. The molecule has 1 atom stereocenters. The molecule has 7 heteroatoms. The van der Waals surface area contributed by atoms with Crippen molar-refractivity contribution in [2.75, 3.05) is 52.8 Å². The van der Waals surface area contributed by atoms with Gasteiger partial charge in [0.1, 0.15) is 11.5 Å². The highest BCUT2D eigenvalue weighted by Gasteiger charge is 2.45. The number of amides is 1. The van der Waals surface area contributed by atoms with Crippen molar-refractivity contribution in [1.82, 2.24) is 9.80 Å². The van der Waals surface area contributed by atoms with Crippen LogP contribution in [0.25, 0.3) is 5.76 Å². The molecule has 1 fully saturated rings.